The Bertz CT molecular complexity index is 989. The van der Waals surface area contributed by atoms with Crippen molar-refractivity contribution >= 4 is 5.97 Å². The number of likely N-dealkylation sites (tertiary alicyclic amines) is 1. The zero-order valence-electron chi connectivity index (χ0n) is 18.3. The van der Waals surface area contributed by atoms with Crippen LogP contribution in [0, 0.1) is 0 Å². The molecule has 0 spiro atoms. The van der Waals surface area contributed by atoms with E-state index in [1.165, 1.54) is 0 Å². The highest BCUT2D eigenvalue weighted by atomic mass is 19.4. The van der Waals surface area contributed by atoms with E-state index in [1.54, 1.807) is 29.2 Å². The van der Waals surface area contributed by atoms with E-state index in [2.05, 4.69) is 0 Å². The highest BCUT2D eigenvalue weighted by molar-refractivity contribution is 5.67. The molecule has 0 bridgehead atoms. The number of hydrogen-bond donors (Lipinski definition) is 1. The third-order valence-electron chi connectivity index (χ3n) is 5.83. The largest absolute Gasteiger partial charge is 0.492 e. The normalized spacial score (nSPS) is 17.5. The van der Waals surface area contributed by atoms with E-state index in [1.807, 2.05) is 0 Å². The van der Waals surface area contributed by atoms with E-state index >= 15 is 0 Å². The lowest BCUT2D eigenvalue weighted by atomic mass is 9.98. The summed E-state index contributed by atoms with van der Waals surface area (Å²) in [4.78, 5) is 12.5. The van der Waals surface area contributed by atoms with Gasteiger partial charge in [0.15, 0.2) is 0 Å². The fourth-order valence-corrected chi connectivity index (χ4v) is 4.09. The maximum Gasteiger partial charge on any atom is 0.416 e. The van der Waals surface area contributed by atoms with E-state index in [4.69, 9.17) is 9.84 Å². The molecule has 3 rings (SSSR count). The Labute approximate surface area is 193 Å². The van der Waals surface area contributed by atoms with Gasteiger partial charge in [0.25, 0.3) is 0 Å². The zero-order chi connectivity index (χ0) is 24.9. The number of aryl methyl sites for hydroxylation is 1. The Morgan fingerprint density at radius 1 is 1.03 bits per heavy atom. The number of hydrogen-bond acceptors (Lipinski definition) is 3. The van der Waals surface area contributed by atoms with Gasteiger partial charge in [-0.1, -0.05) is 18.6 Å². The van der Waals surface area contributed by atoms with Crippen molar-refractivity contribution in [1.82, 2.24) is 4.90 Å². The minimum Gasteiger partial charge on any atom is -0.492 e. The Hall–Kier alpha value is -2.75. The second-order valence-corrected chi connectivity index (χ2v) is 8.34. The maximum atomic E-state index is 13.5. The van der Waals surface area contributed by atoms with Gasteiger partial charge in [-0.2, -0.15) is 26.3 Å². The van der Waals surface area contributed by atoms with Crippen molar-refractivity contribution in [3.63, 3.8) is 0 Å². The predicted octanol–water partition coefficient (Wildman–Crippen LogP) is 6.17. The fourth-order valence-electron chi connectivity index (χ4n) is 4.09. The monoisotopic (exact) mass is 489 g/mol. The number of aliphatic carboxylic acids is 1. The molecule has 0 saturated carbocycles. The highest BCUT2D eigenvalue weighted by Crippen LogP contribution is 2.37. The standard InChI is InChI=1S/C24H25F6NO3/c25-23(26,27)18-8-9-21(24(28,29)30)17(13-18)14-31-11-2-1-5-19(31)15-34-20-6-3-4-16(12-20)7-10-22(32)33/h3-4,6,8-9,12-13,19H,1-2,5,7,10-11,14-15H2,(H,32,33). The number of ether oxygens (including phenoxy) is 1. The molecule has 4 nitrogen and oxygen atoms in total. The minimum absolute atomic E-state index is 0.0294. The minimum atomic E-state index is -4.77. The van der Waals surface area contributed by atoms with Crippen LogP contribution in [0.25, 0.3) is 0 Å². The molecule has 1 N–H and O–H groups in total. The smallest absolute Gasteiger partial charge is 0.416 e. The molecule has 1 unspecified atom stereocenters. The summed E-state index contributed by atoms with van der Waals surface area (Å²) in [6.45, 7) is 0.328. The molecule has 1 saturated heterocycles. The lowest BCUT2D eigenvalue weighted by molar-refractivity contribution is -0.142. The first-order valence-electron chi connectivity index (χ1n) is 10.9. The van der Waals surface area contributed by atoms with Crippen LogP contribution in [0.2, 0.25) is 0 Å². The summed E-state index contributed by atoms with van der Waals surface area (Å²) in [6.07, 6.45) is -7.01. The van der Waals surface area contributed by atoms with Gasteiger partial charge in [0.05, 0.1) is 11.1 Å². The average molecular weight is 489 g/mol. The van der Waals surface area contributed by atoms with Crippen LogP contribution in [-0.4, -0.2) is 35.2 Å². The highest BCUT2D eigenvalue weighted by Gasteiger charge is 2.38. The Kier molecular flexibility index (Phi) is 8.12. The lowest BCUT2D eigenvalue weighted by Gasteiger charge is -2.36. The first-order chi connectivity index (χ1) is 15.9. The molecule has 1 aliphatic rings. The molecule has 1 aliphatic heterocycles. The fraction of sp³-hybridized carbons (Fsp3) is 0.458. The second kappa shape index (κ2) is 10.7. The van der Waals surface area contributed by atoms with Crippen LogP contribution in [0.1, 0.15) is 47.9 Å². The van der Waals surface area contributed by atoms with Gasteiger partial charge in [-0.25, -0.2) is 0 Å². The Morgan fingerprint density at radius 3 is 2.47 bits per heavy atom. The summed E-state index contributed by atoms with van der Waals surface area (Å²) < 4.78 is 85.7. The maximum absolute atomic E-state index is 13.5. The van der Waals surface area contributed by atoms with Crippen molar-refractivity contribution in [3.05, 3.63) is 64.7 Å². The van der Waals surface area contributed by atoms with Crippen molar-refractivity contribution in [1.29, 1.82) is 0 Å². The van der Waals surface area contributed by atoms with E-state index < -0.39 is 35.0 Å². The molecule has 2 aromatic carbocycles. The topological polar surface area (TPSA) is 49.8 Å². The van der Waals surface area contributed by atoms with Crippen LogP contribution in [0.3, 0.4) is 0 Å². The molecule has 0 aromatic heterocycles. The molecule has 2 aromatic rings. The summed E-state index contributed by atoms with van der Waals surface area (Å²) in [5, 5.41) is 8.83. The third kappa shape index (κ3) is 7.12. The van der Waals surface area contributed by atoms with Gasteiger partial charge in [-0.3, -0.25) is 9.69 Å². The number of carbonyl (C=O) groups is 1. The van der Waals surface area contributed by atoms with Crippen molar-refractivity contribution in [2.75, 3.05) is 13.2 Å². The molecular formula is C24H25F6NO3. The van der Waals surface area contributed by atoms with Crippen LogP contribution in [0.4, 0.5) is 26.3 Å². The summed E-state index contributed by atoms with van der Waals surface area (Å²) >= 11 is 0. The molecule has 0 amide bonds. The van der Waals surface area contributed by atoms with Crippen LogP contribution in [-0.2, 0) is 30.1 Å². The van der Waals surface area contributed by atoms with E-state index in [-0.39, 0.29) is 25.6 Å². The van der Waals surface area contributed by atoms with Gasteiger partial charge < -0.3 is 9.84 Å². The molecule has 186 valence electrons. The summed E-state index contributed by atoms with van der Waals surface area (Å²) in [7, 11) is 0. The van der Waals surface area contributed by atoms with Gasteiger partial charge in [0.1, 0.15) is 12.4 Å². The quantitative estimate of drug-likeness (QED) is 0.451. The number of piperidine rings is 1. The van der Waals surface area contributed by atoms with Gasteiger partial charge in [-0.05, 0) is 67.3 Å². The van der Waals surface area contributed by atoms with Gasteiger partial charge in [0.2, 0.25) is 0 Å². The number of rotatable bonds is 8. The summed E-state index contributed by atoms with van der Waals surface area (Å²) in [5.41, 5.74) is -1.82. The zero-order valence-corrected chi connectivity index (χ0v) is 18.3. The van der Waals surface area contributed by atoms with Crippen LogP contribution >= 0.6 is 0 Å². The van der Waals surface area contributed by atoms with Crippen molar-refractivity contribution < 1.29 is 41.0 Å². The van der Waals surface area contributed by atoms with E-state index in [0.29, 0.717) is 43.3 Å². The Balaban J connectivity index is 1.75. The molecule has 1 atom stereocenters. The number of carboxylic acid groups (broad SMARTS) is 1. The number of nitrogens with zero attached hydrogens (tertiary/aromatic N) is 1. The van der Waals surface area contributed by atoms with Crippen molar-refractivity contribution in [2.24, 2.45) is 0 Å². The van der Waals surface area contributed by atoms with E-state index in [9.17, 15) is 31.1 Å². The summed E-state index contributed by atoms with van der Waals surface area (Å²) in [5.74, 6) is -0.416. The molecule has 1 heterocycles. The van der Waals surface area contributed by atoms with Crippen molar-refractivity contribution in [3.8, 4) is 5.75 Å². The SMILES string of the molecule is O=C(O)CCc1cccc(OCC2CCCCN2Cc2cc(C(F)(F)F)ccc2C(F)(F)F)c1. The molecule has 34 heavy (non-hydrogen) atoms. The van der Waals surface area contributed by atoms with Gasteiger partial charge >= 0.3 is 18.3 Å². The number of carboxylic acids is 1. The third-order valence-corrected chi connectivity index (χ3v) is 5.83. The molecular weight excluding hydrogens is 464 g/mol. The number of halogens is 6. The van der Waals surface area contributed by atoms with E-state index in [0.717, 1.165) is 18.4 Å². The molecule has 0 radical (unpaired) electrons. The van der Waals surface area contributed by atoms with Gasteiger partial charge in [0, 0.05) is 19.0 Å². The Morgan fingerprint density at radius 2 is 1.79 bits per heavy atom. The molecule has 0 aliphatic carbocycles. The first kappa shape index (κ1) is 25.9. The van der Waals surface area contributed by atoms with Crippen LogP contribution < -0.4 is 4.74 Å². The molecule has 10 heteroatoms. The first-order valence-corrected chi connectivity index (χ1v) is 10.9. The van der Waals surface area contributed by atoms with Crippen LogP contribution in [0.5, 0.6) is 5.75 Å². The van der Waals surface area contributed by atoms with Crippen molar-refractivity contribution in [2.45, 2.75) is 57.0 Å². The average Bonchev–Trinajstić information content (AvgIpc) is 2.76. The molecule has 1 fully saturated rings. The number of alkyl halides is 6. The lowest BCUT2D eigenvalue weighted by Crippen LogP contribution is -2.43. The van der Waals surface area contributed by atoms with Gasteiger partial charge in [-0.15, -0.1) is 0 Å². The predicted molar refractivity (Wildman–Crippen MR) is 112 cm³/mol. The number of benzene rings is 2. The summed E-state index contributed by atoms with van der Waals surface area (Å²) in [6, 6.07) is 8.18. The second-order valence-electron chi connectivity index (χ2n) is 8.34. The van der Waals surface area contributed by atoms with Crippen LogP contribution in [0.15, 0.2) is 42.5 Å².